The third kappa shape index (κ3) is 4.00. The fraction of sp³-hybridized carbons (Fsp3) is 0.471. The molecule has 0 saturated carbocycles. The number of amides is 2. The van der Waals surface area contributed by atoms with Gasteiger partial charge in [0.1, 0.15) is 12.4 Å². The van der Waals surface area contributed by atoms with Gasteiger partial charge in [-0.2, -0.15) is 0 Å². The minimum absolute atomic E-state index is 0.142. The molecule has 0 saturated heterocycles. The summed E-state index contributed by atoms with van der Waals surface area (Å²) in [6.45, 7) is 3.41. The number of carbonyl (C=O) groups excluding carboxylic acids is 3. The molecule has 1 aromatic carbocycles. The minimum Gasteiger partial charge on any atom is -0.469 e. The van der Waals surface area contributed by atoms with Crippen LogP contribution in [0.2, 0.25) is 0 Å². The zero-order chi connectivity index (χ0) is 18.8. The second-order valence-corrected chi connectivity index (χ2v) is 7.25. The predicted molar refractivity (Wildman–Crippen MR) is 93.7 cm³/mol. The van der Waals surface area contributed by atoms with E-state index >= 15 is 0 Å². The number of nitrogens with zero attached hydrogens (tertiary/aromatic N) is 1. The lowest BCUT2D eigenvalue weighted by Crippen LogP contribution is -2.43. The first-order valence-corrected chi connectivity index (χ1v) is 8.62. The highest BCUT2D eigenvalue weighted by Gasteiger charge is 2.46. The van der Waals surface area contributed by atoms with Gasteiger partial charge in [0.05, 0.1) is 18.2 Å². The van der Waals surface area contributed by atoms with Crippen LogP contribution in [0.3, 0.4) is 0 Å². The number of esters is 1. The van der Waals surface area contributed by atoms with Crippen molar-refractivity contribution in [2.24, 2.45) is 0 Å². The summed E-state index contributed by atoms with van der Waals surface area (Å²) in [7, 11) is 1.30. The average molecular weight is 415 g/mol. The Labute approximate surface area is 153 Å². The van der Waals surface area contributed by atoms with E-state index in [1.807, 2.05) is 0 Å². The summed E-state index contributed by atoms with van der Waals surface area (Å²) in [5, 5.41) is 2.63. The van der Waals surface area contributed by atoms with E-state index in [1.165, 1.54) is 18.1 Å². The van der Waals surface area contributed by atoms with Crippen LogP contribution in [0.4, 0.5) is 10.1 Å². The van der Waals surface area contributed by atoms with Crippen molar-refractivity contribution in [2.45, 2.75) is 32.1 Å². The van der Waals surface area contributed by atoms with Crippen LogP contribution in [0.5, 0.6) is 0 Å². The maximum atomic E-state index is 14.4. The molecule has 6 nitrogen and oxygen atoms in total. The maximum absolute atomic E-state index is 14.4. The van der Waals surface area contributed by atoms with Crippen LogP contribution in [0.1, 0.15) is 32.3 Å². The second-order valence-electron chi connectivity index (χ2n) is 6.33. The summed E-state index contributed by atoms with van der Waals surface area (Å²) in [5.74, 6) is -1.65. The maximum Gasteiger partial charge on any atom is 0.305 e. The molecule has 0 bridgehead atoms. The van der Waals surface area contributed by atoms with Crippen molar-refractivity contribution in [1.82, 2.24) is 5.32 Å². The molecule has 0 aromatic heterocycles. The van der Waals surface area contributed by atoms with Crippen molar-refractivity contribution in [2.75, 3.05) is 25.1 Å². The smallest absolute Gasteiger partial charge is 0.305 e. The highest BCUT2D eigenvalue weighted by molar-refractivity contribution is 9.10. The van der Waals surface area contributed by atoms with Gasteiger partial charge >= 0.3 is 5.97 Å². The topological polar surface area (TPSA) is 75.7 Å². The molecule has 0 unspecified atom stereocenters. The van der Waals surface area contributed by atoms with Gasteiger partial charge in [-0.1, -0.05) is 15.9 Å². The number of hydrogen-bond donors (Lipinski definition) is 1. The van der Waals surface area contributed by atoms with Gasteiger partial charge in [0.2, 0.25) is 11.8 Å². The molecule has 0 fully saturated rings. The monoisotopic (exact) mass is 414 g/mol. The van der Waals surface area contributed by atoms with E-state index in [1.54, 1.807) is 19.9 Å². The van der Waals surface area contributed by atoms with E-state index in [9.17, 15) is 18.8 Å². The third-order valence-electron chi connectivity index (χ3n) is 4.16. The summed E-state index contributed by atoms with van der Waals surface area (Å²) in [4.78, 5) is 36.9. The van der Waals surface area contributed by atoms with Gasteiger partial charge in [0, 0.05) is 17.4 Å². The number of carbonyl (C=O) groups is 3. The van der Waals surface area contributed by atoms with Crippen LogP contribution in [0.25, 0.3) is 0 Å². The SMILES string of the molecule is COC(=O)CCCNC(=O)CN1C(=O)C(C)(C)c2cc(Br)cc(F)c21. The lowest BCUT2D eigenvalue weighted by molar-refractivity contribution is -0.140. The predicted octanol–water partition coefficient (Wildman–Crippen LogP) is 2.28. The zero-order valence-electron chi connectivity index (χ0n) is 14.3. The Morgan fingerprint density at radius 3 is 2.68 bits per heavy atom. The van der Waals surface area contributed by atoms with Gasteiger partial charge < -0.3 is 10.1 Å². The lowest BCUT2D eigenvalue weighted by atomic mass is 9.86. The summed E-state index contributed by atoms with van der Waals surface area (Å²) in [6.07, 6.45) is 0.619. The van der Waals surface area contributed by atoms with Gasteiger partial charge in [-0.15, -0.1) is 0 Å². The first kappa shape index (κ1) is 19.4. The Kier molecular flexibility index (Phi) is 5.82. The van der Waals surface area contributed by atoms with E-state index in [4.69, 9.17) is 0 Å². The Bertz CT molecular complexity index is 721. The van der Waals surface area contributed by atoms with E-state index < -0.39 is 17.1 Å². The number of ether oxygens (including phenoxy) is 1. The molecule has 1 aromatic rings. The third-order valence-corrected chi connectivity index (χ3v) is 4.62. The minimum atomic E-state index is -0.912. The first-order valence-electron chi connectivity index (χ1n) is 7.83. The molecule has 2 amide bonds. The fourth-order valence-corrected chi connectivity index (χ4v) is 3.21. The van der Waals surface area contributed by atoms with E-state index in [2.05, 4.69) is 26.0 Å². The molecule has 1 N–H and O–H groups in total. The van der Waals surface area contributed by atoms with E-state index in [0.29, 0.717) is 16.5 Å². The van der Waals surface area contributed by atoms with Gasteiger partial charge in [-0.3, -0.25) is 19.3 Å². The Hall–Kier alpha value is -1.96. The zero-order valence-corrected chi connectivity index (χ0v) is 15.9. The molecule has 2 rings (SSSR count). The summed E-state index contributed by atoms with van der Waals surface area (Å²) < 4.78 is 19.5. The van der Waals surface area contributed by atoms with Crippen molar-refractivity contribution in [1.29, 1.82) is 0 Å². The molecule has 0 radical (unpaired) electrons. The van der Waals surface area contributed by atoms with Crippen LogP contribution >= 0.6 is 15.9 Å². The van der Waals surface area contributed by atoms with Crippen LogP contribution in [0, 0.1) is 5.82 Å². The normalized spacial score (nSPS) is 15.1. The van der Waals surface area contributed by atoms with Crippen LogP contribution in [0.15, 0.2) is 16.6 Å². The number of hydrogen-bond acceptors (Lipinski definition) is 4. The number of nitrogens with one attached hydrogen (secondary N) is 1. The fourth-order valence-electron chi connectivity index (χ4n) is 2.78. The molecule has 8 heteroatoms. The number of fused-ring (bicyclic) bond motifs is 1. The molecule has 0 atom stereocenters. The Morgan fingerprint density at radius 2 is 2.04 bits per heavy atom. The summed E-state index contributed by atoms with van der Waals surface area (Å²) >= 11 is 3.23. The Balaban J connectivity index is 2.07. The molecule has 1 aliphatic rings. The van der Waals surface area contributed by atoms with Crippen molar-refractivity contribution < 1.29 is 23.5 Å². The molecule has 0 aliphatic carbocycles. The molecule has 1 aliphatic heterocycles. The summed E-state index contributed by atoms with van der Waals surface area (Å²) in [6, 6.07) is 2.97. The highest BCUT2D eigenvalue weighted by atomic mass is 79.9. The van der Waals surface area contributed by atoms with Crippen LogP contribution in [-0.2, 0) is 24.5 Å². The summed E-state index contributed by atoms with van der Waals surface area (Å²) in [5.41, 5.74) is -0.226. The van der Waals surface area contributed by atoms with Crippen molar-refractivity contribution in [3.8, 4) is 0 Å². The molecular formula is C17H20BrFN2O4. The van der Waals surface area contributed by atoms with E-state index in [-0.39, 0.29) is 37.1 Å². The van der Waals surface area contributed by atoms with Crippen LogP contribution in [-0.4, -0.2) is 38.0 Å². The van der Waals surface area contributed by atoms with Crippen LogP contribution < -0.4 is 10.2 Å². The second kappa shape index (κ2) is 7.51. The molecule has 1 heterocycles. The molecule has 0 spiro atoms. The largest absolute Gasteiger partial charge is 0.469 e. The number of benzene rings is 1. The Morgan fingerprint density at radius 1 is 1.36 bits per heavy atom. The van der Waals surface area contributed by atoms with Gasteiger partial charge in [0.25, 0.3) is 0 Å². The standard InChI is InChI=1S/C17H20BrFN2O4/c1-17(2)11-7-10(18)8-12(19)15(11)21(16(17)24)9-13(22)20-6-4-5-14(23)25-3/h7-8H,4-6,9H2,1-3H3,(H,20,22). The average Bonchev–Trinajstić information content (AvgIpc) is 2.72. The number of anilines is 1. The molecule has 136 valence electrons. The van der Waals surface area contributed by atoms with E-state index in [0.717, 1.165) is 0 Å². The highest BCUT2D eigenvalue weighted by Crippen LogP contribution is 2.44. The van der Waals surface area contributed by atoms with Crippen molar-refractivity contribution in [3.63, 3.8) is 0 Å². The lowest BCUT2D eigenvalue weighted by Gasteiger charge is -2.20. The number of halogens is 2. The van der Waals surface area contributed by atoms with Crippen molar-refractivity contribution >= 4 is 39.4 Å². The number of methoxy groups -OCH3 is 1. The quantitative estimate of drug-likeness (QED) is 0.572. The first-order chi connectivity index (χ1) is 11.7. The van der Waals surface area contributed by atoms with Gasteiger partial charge in [-0.25, -0.2) is 4.39 Å². The van der Waals surface area contributed by atoms with Gasteiger partial charge in [-0.05, 0) is 38.0 Å². The molecule has 25 heavy (non-hydrogen) atoms. The molecular weight excluding hydrogens is 395 g/mol. The van der Waals surface area contributed by atoms with Gasteiger partial charge in [0.15, 0.2) is 0 Å². The number of rotatable bonds is 6. The van der Waals surface area contributed by atoms with Crippen molar-refractivity contribution in [3.05, 3.63) is 28.0 Å².